The highest BCUT2D eigenvalue weighted by atomic mass is 35.5. The highest BCUT2D eigenvalue weighted by Crippen LogP contribution is 2.44. The summed E-state index contributed by atoms with van der Waals surface area (Å²) in [5.41, 5.74) is 5.31. The molecule has 1 aliphatic rings. The van der Waals surface area contributed by atoms with E-state index in [-0.39, 0.29) is 35.3 Å². The number of carboxylic acids is 1. The van der Waals surface area contributed by atoms with Crippen molar-refractivity contribution in [3.63, 3.8) is 0 Å². The highest BCUT2D eigenvalue weighted by Gasteiger charge is 2.30. The summed E-state index contributed by atoms with van der Waals surface area (Å²) < 4.78 is 5.69. The number of amides is 2. The average molecular weight is 584 g/mol. The Hall–Kier alpha value is -4.66. The van der Waals surface area contributed by atoms with Gasteiger partial charge in [0.05, 0.1) is 11.3 Å². The molecule has 3 N–H and O–H groups in total. The first-order chi connectivity index (χ1) is 20.3. The molecule has 0 aliphatic heterocycles. The number of nitrogens with one attached hydrogen (secondary N) is 2. The molecule has 2 amide bonds. The molecule has 0 heterocycles. The van der Waals surface area contributed by atoms with E-state index in [1.807, 2.05) is 78.7 Å². The predicted molar refractivity (Wildman–Crippen MR) is 162 cm³/mol. The first kappa shape index (κ1) is 28.9. The van der Waals surface area contributed by atoms with Gasteiger partial charge >= 0.3 is 12.1 Å². The fraction of sp³-hybridized carbons (Fsp3) is 0.182. The summed E-state index contributed by atoms with van der Waals surface area (Å²) in [4.78, 5) is 40.2. The normalized spacial score (nSPS) is 12.7. The van der Waals surface area contributed by atoms with Gasteiger partial charge < -0.3 is 20.5 Å². The lowest BCUT2D eigenvalue weighted by Crippen LogP contribution is -2.50. The topological polar surface area (TPSA) is 108 Å². The molecule has 1 unspecified atom stereocenters. The smallest absolute Gasteiger partial charge is 0.407 e. The zero-order chi connectivity index (χ0) is 29.6. The fourth-order valence-electron chi connectivity index (χ4n) is 5.27. The standard InChI is InChI=1S/C33H30ClN3O5/c1-37(18-21-9-3-2-4-10-21)19-30(31(38)35-29-17-22(34)15-16-27(29)32(39)40)36-33(41)42-20-28-25-13-7-5-11-23(25)24-12-6-8-14-26(24)28/h2-17,28,30H,18-20H2,1H3,(H,35,38)(H,36,41)(H,39,40). The fourth-order valence-corrected chi connectivity index (χ4v) is 5.45. The van der Waals surface area contributed by atoms with Gasteiger partial charge in [-0.15, -0.1) is 0 Å². The van der Waals surface area contributed by atoms with E-state index < -0.39 is 24.0 Å². The number of carbonyl (C=O) groups is 3. The lowest BCUT2D eigenvalue weighted by molar-refractivity contribution is -0.118. The molecule has 0 radical (unpaired) electrons. The number of hydrogen-bond acceptors (Lipinski definition) is 5. The van der Waals surface area contributed by atoms with Gasteiger partial charge in [-0.1, -0.05) is 90.5 Å². The second kappa shape index (κ2) is 12.9. The van der Waals surface area contributed by atoms with Gasteiger partial charge in [-0.25, -0.2) is 9.59 Å². The van der Waals surface area contributed by atoms with E-state index in [0.29, 0.717) is 6.54 Å². The number of fused-ring (bicyclic) bond motifs is 3. The van der Waals surface area contributed by atoms with Crippen LogP contribution in [0.1, 0.15) is 33.0 Å². The number of anilines is 1. The molecule has 5 rings (SSSR count). The van der Waals surface area contributed by atoms with Crippen molar-refractivity contribution >= 4 is 35.3 Å². The molecule has 0 saturated heterocycles. The Morgan fingerprint density at radius 3 is 2.17 bits per heavy atom. The van der Waals surface area contributed by atoms with Crippen LogP contribution in [0.15, 0.2) is 97.1 Å². The quantitative estimate of drug-likeness (QED) is 0.211. The second-order valence-electron chi connectivity index (χ2n) is 10.2. The number of carboxylic acid groups (broad SMARTS) is 1. The molecule has 214 valence electrons. The maximum Gasteiger partial charge on any atom is 0.407 e. The van der Waals surface area contributed by atoms with Crippen LogP contribution in [-0.4, -0.2) is 54.2 Å². The molecule has 4 aromatic rings. The third-order valence-electron chi connectivity index (χ3n) is 7.21. The number of hydrogen-bond donors (Lipinski definition) is 3. The van der Waals surface area contributed by atoms with Gasteiger partial charge in [0, 0.05) is 24.0 Å². The largest absolute Gasteiger partial charge is 0.478 e. The summed E-state index contributed by atoms with van der Waals surface area (Å²) in [6, 6.07) is 28.8. The minimum Gasteiger partial charge on any atom is -0.478 e. The minimum atomic E-state index is -1.22. The zero-order valence-corrected chi connectivity index (χ0v) is 23.7. The lowest BCUT2D eigenvalue weighted by atomic mass is 9.98. The molecule has 4 aromatic carbocycles. The highest BCUT2D eigenvalue weighted by molar-refractivity contribution is 6.31. The summed E-state index contributed by atoms with van der Waals surface area (Å²) >= 11 is 6.08. The third-order valence-corrected chi connectivity index (χ3v) is 7.45. The number of benzene rings is 4. The minimum absolute atomic E-state index is 0.0325. The monoisotopic (exact) mass is 583 g/mol. The van der Waals surface area contributed by atoms with Gasteiger partial charge in [-0.3, -0.25) is 9.69 Å². The summed E-state index contributed by atoms with van der Waals surface area (Å²) in [6.07, 6.45) is -0.755. The van der Waals surface area contributed by atoms with Crippen molar-refractivity contribution in [1.29, 1.82) is 0 Å². The summed E-state index contributed by atoms with van der Waals surface area (Å²) in [7, 11) is 1.83. The molecule has 1 aliphatic carbocycles. The van der Waals surface area contributed by atoms with Crippen molar-refractivity contribution in [2.24, 2.45) is 0 Å². The van der Waals surface area contributed by atoms with Gasteiger partial charge in [0.25, 0.3) is 0 Å². The van der Waals surface area contributed by atoms with Crippen molar-refractivity contribution in [3.05, 3.63) is 124 Å². The number of aromatic carboxylic acids is 1. The van der Waals surface area contributed by atoms with E-state index in [1.54, 1.807) is 0 Å². The van der Waals surface area contributed by atoms with Gasteiger partial charge in [0.1, 0.15) is 12.6 Å². The van der Waals surface area contributed by atoms with Crippen LogP contribution < -0.4 is 10.6 Å². The Kier molecular flexibility index (Phi) is 8.85. The van der Waals surface area contributed by atoms with Crippen molar-refractivity contribution in [2.45, 2.75) is 18.5 Å². The van der Waals surface area contributed by atoms with Crippen LogP contribution in [0.25, 0.3) is 11.1 Å². The van der Waals surface area contributed by atoms with Gasteiger partial charge in [-0.2, -0.15) is 0 Å². The SMILES string of the molecule is CN(Cc1ccccc1)CC(NC(=O)OCC1c2ccccc2-c2ccccc21)C(=O)Nc1cc(Cl)ccc1C(=O)O. The number of ether oxygens (including phenoxy) is 1. The molecule has 0 bridgehead atoms. The van der Waals surface area contributed by atoms with E-state index in [0.717, 1.165) is 27.8 Å². The van der Waals surface area contributed by atoms with Gasteiger partial charge in [0.15, 0.2) is 0 Å². The first-order valence-corrected chi connectivity index (χ1v) is 13.9. The lowest BCUT2D eigenvalue weighted by Gasteiger charge is -2.25. The van der Waals surface area contributed by atoms with Crippen molar-refractivity contribution < 1.29 is 24.2 Å². The maximum absolute atomic E-state index is 13.5. The van der Waals surface area contributed by atoms with Crippen LogP contribution in [0.2, 0.25) is 5.02 Å². The molecule has 1 atom stereocenters. The van der Waals surface area contributed by atoms with Crippen LogP contribution in [0, 0.1) is 0 Å². The van der Waals surface area contributed by atoms with Gasteiger partial charge in [0.2, 0.25) is 5.91 Å². The van der Waals surface area contributed by atoms with Crippen molar-refractivity contribution in [2.75, 3.05) is 25.5 Å². The van der Waals surface area contributed by atoms with Crippen LogP contribution in [0.4, 0.5) is 10.5 Å². The molecule has 0 saturated carbocycles. The Labute approximate surface area is 248 Å². The number of nitrogens with zero attached hydrogens (tertiary/aromatic N) is 1. The van der Waals surface area contributed by atoms with Crippen LogP contribution in [0.3, 0.4) is 0 Å². The number of carbonyl (C=O) groups excluding carboxylic acids is 2. The zero-order valence-electron chi connectivity index (χ0n) is 22.9. The Morgan fingerprint density at radius 1 is 0.905 bits per heavy atom. The molecule has 42 heavy (non-hydrogen) atoms. The van der Waals surface area contributed by atoms with E-state index >= 15 is 0 Å². The average Bonchev–Trinajstić information content (AvgIpc) is 3.29. The first-order valence-electron chi connectivity index (χ1n) is 13.5. The molecule has 0 aromatic heterocycles. The molecular formula is C33H30ClN3O5. The summed E-state index contributed by atoms with van der Waals surface area (Å²) in [5, 5.41) is 15.2. The van der Waals surface area contributed by atoms with Crippen molar-refractivity contribution in [1.82, 2.24) is 10.2 Å². The van der Waals surface area contributed by atoms with Crippen LogP contribution >= 0.6 is 11.6 Å². The van der Waals surface area contributed by atoms with E-state index in [2.05, 4.69) is 22.8 Å². The van der Waals surface area contributed by atoms with Crippen molar-refractivity contribution in [3.8, 4) is 11.1 Å². The number of rotatable bonds is 10. The molecule has 8 nitrogen and oxygen atoms in total. The summed E-state index contributed by atoms with van der Waals surface area (Å²) in [5.74, 6) is -1.96. The molecule has 9 heteroatoms. The Bertz CT molecular complexity index is 1570. The Morgan fingerprint density at radius 2 is 1.52 bits per heavy atom. The maximum atomic E-state index is 13.5. The van der Waals surface area contributed by atoms with E-state index in [4.69, 9.17) is 16.3 Å². The second-order valence-corrected chi connectivity index (χ2v) is 10.6. The van der Waals surface area contributed by atoms with E-state index in [9.17, 15) is 19.5 Å². The number of alkyl carbamates (subject to hydrolysis) is 1. The predicted octanol–water partition coefficient (Wildman–Crippen LogP) is 6.02. The summed E-state index contributed by atoms with van der Waals surface area (Å²) in [6.45, 7) is 0.744. The number of likely N-dealkylation sites (N-methyl/N-ethyl adjacent to an activating group) is 1. The molecular weight excluding hydrogens is 554 g/mol. The number of halogens is 1. The molecule has 0 fully saturated rings. The van der Waals surface area contributed by atoms with Crippen LogP contribution in [-0.2, 0) is 16.1 Å². The Balaban J connectivity index is 1.31. The van der Waals surface area contributed by atoms with Gasteiger partial charge in [-0.05, 0) is 53.1 Å². The van der Waals surface area contributed by atoms with Crippen LogP contribution in [0.5, 0.6) is 0 Å². The molecule has 0 spiro atoms. The third kappa shape index (κ3) is 6.62. The van der Waals surface area contributed by atoms with E-state index in [1.165, 1.54) is 18.2 Å².